The highest BCUT2D eigenvalue weighted by atomic mass is 35.5. The number of nitrogens with zero attached hydrogens (tertiary/aromatic N) is 4. The van der Waals surface area contributed by atoms with Crippen LogP contribution < -0.4 is 0 Å². The number of benzene rings is 1. The van der Waals surface area contributed by atoms with Crippen LogP contribution in [0.2, 0.25) is 5.02 Å². The van der Waals surface area contributed by atoms with E-state index in [1.54, 1.807) is 28.2 Å². The van der Waals surface area contributed by atoms with Gasteiger partial charge in [0, 0.05) is 10.1 Å². The first-order valence-corrected chi connectivity index (χ1v) is 8.67. The fourth-order valence-corrected chi connectivity index (χ4v) is 3.70. The first kappa shape index (κ1) is 15.5. The Hall–Kier alpha value is -1.44. The van der Waals surface area contributed by atoms with Crippen LogP contribution in [0, 0.1) is 5.82 Å². The maximum Gasteiger partial charge on any atom is 0.210 e. The van der Waals surface area contributed by atoms with Gasteiger partial charge in [0.1, 0.15) is 5.82 Å². The predicted octanol–water partition coefficient (Wildman–Crippen LogP) is 4.43. The quantitative estimate of drug-likeness (QED) is 0.636. The molecule has 114 valence electrons. The van der Waals surface area contributed by atoms with Crippen molar-refractivity contribution < 1.29 is 4.39 Å². The smallest absolute Gasteiger partial charge is 0.210 e. The van der Waals surface area contributed by atoms with Crippen molar-refractivity contribution in [2.45, 2.75) is 23.9 Å². The van der Waals surface area contributed by atoms with Gasteiger partial charge in [0.15, 0.2) is 0 Å². The number of hydrogen-bond acceptors (Lipinski definition) is 5. The van der Waals surface area contributed by atoms with Gasteiger partial charge in [-0.1, -0.05) is 35.5 Å². The minimum Gasteiger partial charge on any atom is -0.215 e. The van der Waals surface area contributed by atoms with Crippen molar-refractivity contribution in [1.29, 1.82) is 0 Å². The first-order chi connectivity index (χ1) is 10.6. The number of tetrazole rings is 1. The molecule has 4 nitrogen and oxygen atoms in total. The van der Waals surface area contributed by atoms with E-state index in [4.69, 9.17) is 11.6 Å². The molecule has 2 heterocycles. The number of thiophene rings is 1. The van der Waals surface area contributed by atoms with Crippen molar-refractivity contribution >= 4 is 34.7 Å². The summed E-state index contributed by atoms with van der Waals surface area (Å²) in [4.78, 5) is 1.19. The molecule has 0 unspecified atom stereocenters. The fourth-order valence-electron chi connectivity index (χ4n) is 1.92. The van der Waals surface area contributed by atoms with E-state index in [1.165, 1.54) is 22.7 Å². The lowest BCUT2D eigenvalue weighted by atomic mass is 10.2. The van der Waals surface area contributed by atoms with Crippen LogP contribution in [0.1, 0.15) is 22.6 Å². The van der Waals surface area contributed by atoms with E-state index in [9.17, 15) is 4.39 Å². The van der Waals surface area contributed by atoms with Gasteiger partial charge >= 0.3 is 0 Å². The Balaban J connectivity index is 1.75. The van der Waals surface area contributed by atoms with Crippen LogP contribution in [0.15, 0.2) is 40.9 Å². The van der Waals surface area contributed by atoms with Crippen molar-refractivity contribution in [2.75, 3.05) is 0 Å². The van der Waals surface area contributed by atoms with Crippen LogP contribution in [0.3, 0.4) is 0 Å². The molecule has 0 aliphatic heterocycles. The summed E-state index contributed by atoms with van der Waals surface area (Å²) in [5.41, 5.74) is 0.932. The molecule has 0 radical (unpaired) electrons. The first-order valence-electron chi connectivity index (χ1n) is 6.53. The lowest BCUT2D eigenvalue weighted by Gasteiger charge is -2.11. The van der Waals surface area contributed by atoms with Crippen molar-refractivity contribution in [2.24, 2.45) is 0 Å². The summed E-state index contributed by atoms with van der Waals surface area (Å²) in [6.07, 6.45) is 0. The van der Waals surface area contributed by atoms with Crippen LogP contribution in [0.5, 0.6) is 0 Å². The van der Waals surface area contributed by atoms with Gasteiger partial charge in [-0.05, 0) is 46.5 Å². The predicted molar refractivity (Wildman–Crippen MR) is 86.9 cm³/mol. The van der Waals surface area contributed by atoms with Crippen molar-refractivity contribution in [3.8, 4) is 0 Å². The number of rotatable bonds is 5. The normalized spacial score (nSPS) is 12.5. The average Bonchev–Trinajstić information content (AvgIpc) is 3.15. The van der Waals surface area contributed by atoms with Crippen molar-refractivity contribution in [3.05, 3.63) is 57.0 Å². The van der Waals surface area contributed by atoms with E-state index in [2.05, 4.69) is 15.5 Å². The lowest BCUT2D eigenvalue weighted by molar-refractivity contribution is 0.607. The summed E-state index contributed by atoms with van der Waals surface area (Å²) in [7, 11) is 0. The second-order valence-corrected chi connectivity index (χ2v) is 7.38. The number of aromatic nitrogens is 4. The third kappa shape index (κ3) is 3.48. The van der Waals surface area contributed by atoms with Crippen LogP contribution in [-0.4, -0.2) is 20.2 Å². The number of hydrogen-bond donors (Lipinski definition) is 0. The number of halogens is 2. The Bertz CT molecular complexity index is 760. The van der Waals surface area contributed by atoms with Gasteiger partial charge in [0.25, 0.3) is 0 Å². The largest absolute Gasteiger partial charge is 0.215 e. The summed E-state index contributed by atoms with van der Waals surface area (Å²) in [5, 5.41) is 14.8. The van der Waals surface area contributed by atoms with E-state index >= 15 is 0 Å². The van der Waals surface area contributed by atoms with Crippen LogP contribution in [0.25, 0.3) is 0 Å². The Morgan fingerprint density at radius 3 is 3.00 bits per heavy atom. The number of thioether (sulfide) groups is 1. The standard InChI is InChI=1S/C14H12ClFN4S2/c1-9(10-4-5-13(16)12(15)7-10)22-14-17-18-19-20(14)8-11-3-2-6-21-11/h2-7,9H,8H2,1H3/t9-/m1/s1. The van der Waals surface area contributed by atoms with Gasteiger partial charge in [-0.25, -0.2) is 9.07 Å². The molecule has 0 N–H and O–H groups in total. The highest BCUT2D eigenvalue weighted by molar-refractivity contribution is 7.99. The van der Waals surface area contributed by atoms with E-state index in [1.807, 2.05) is 24.4 Å². The third-order valence-corrected chi connectivity index (χ3v) is 5.36. The minimum atomic E-state index is -0.412. The van der Waals surface area contributed by atoms with Crippen LogP contribution in [-0.2, 0) is 6.54 Å². The van der Waals surface area contributed by atoms with Gasteiger partial charge in [-0.3, -0.25) is 0 Å². The maximum atomic E-state index is 13.2. The fraction of sp³-hybridized carbons (Fsp3) is 0.214. The molecule has 0 aliphatic carbocycles. The molecule has 0 bridgehead atoms. The molecule has 1 atom stereocenters. The second-order valence-electron chi connectivity index (χ2n) is 4.63. The molecule has 0 fully saturated rings. The summed E-state index contributed by atoms with van der Waals surface area (Å²) in [6.45, 7) is 2.66. The minimum absolute atomic E-state index is 0.0613. The summed E-state index contributed by atoms with van der Waals surface area (Å²) < 4.78 is 15.0. The Labute approximate surface area is 140 Å². The third-order valence-electron chi connectivity index (χ3n) is 3.08. The molecule has 2 aromatic heterocycles. The van der Waals surface area contributed by atoms with Gasteiger partial charge < -0.3 is 0 Å². The van der Waals surface area contributed by atoms with E-state index in [-0.39, 0.29) is 10.3 Å². The summed E-state index contributed by atoms with van der Waals surface area (Å²) >= 11 is 9.02. The molecule has 22 heavy (non-hydrogen) atoms. The van der Waals surface area contributed by atoms with Crippen LogP contribution in [0.4, 0.5) is 4.39 Å². The van der Waals surface area contributed by atoms with Gasteiger partial charge in [0.05, 0.1) is 11.6 Å². The van der Waals surface area contributed by atoms with Crippen molar-refractivity contribution in [3.63, 3.8) is 0 Å². The molecule has 0 saturated heterocycles. The highest BCUT2D eigenvalue weighted by Gasteiger charge is 2.15. The molecule has 0 aliphatic rings. The monoisotopic (exact) mass is 354 g/mol. The molecular weight excluding hydrogens is 343 g/mol. The maximum absolute atomic E-state index is 13.2. The molecule has 1 aromatic carbocycles. The zero-order valence-corrected chi connectivity index (χ0v) is 14.0. The molecule has 3 rings (SSSR count). The topological polar surface area (TPSA) is 43.6 Å². The molecule has 8 heteroatoms. The summed E-state index contributed by atoms with van der Waals surface area (Å²) in [6, 6.07) is 8.79. The van der Waals surface area contributed by atoms with Gasteiger partial charge in [-0.15, -0.1) is 16.4 Å². The van der Waals surface area contributed by atoms with Crippen molar-refractivity contribution in [1.82, 2.24) is 20.2 Å². The zero-order chi connectivity index (χ0) is 15.5. The van der Waals surface area contributed by atoms with Gasteiger partial charge in [0.2, 0.25) is 5.16 Å². The van der Waals surface area contributed by atoms with E-state index in [0.717, 1.165) is 10.7 Å². The molecule has 3 aromatic rings. The molecule has 0 saturated carbocycles. The second kappa shape index (κ2) is 6.76. The lowest BCUT2D eigenvalue weighted by Crippen LogP contribution is -2.03. The van der Waals surface area contributed by atoms with E-state index in [0.29, 0.717) is 6.54 Å². The van der Waals surface area contributed by atoms with Gasteiger partial charge in [-0.2, -0.15) is 0 Å². The average molecular weight is 355 g/mol. The Morgan fingerprint density at radius 2 is 2.27 bits per heavy atom. The molecule has 0 amide bonds. The van der Waals surface area contributed by atoms with Crippen LogP contribution >= 0.6 is 34.7 Å². The van der Waals surface area contributed by atoms with E-state index < -0.39 is 5.82 Å². The Morgan fingerprint density at radius 1 is 1.41 bits per heavy atom. The molecule has 0 spiro atoms. The summed E-state index contributed by atoms with van der Waals surface area (Å²) in [5.74, 6) is -0.412. The highest BCUT2D eigenvalue weighted by Crippen LogP contribution is 2.34. The zero-order valence-electron chi connectivity index (χ0n) is 11.6. The SMILES string of the molecule is C[C@@H](Sc1nnnn1Cc1cccs1)c1ccc(F)c(Cl)c1. The molecular formula is C14H12ClFN4S2. The Kier molecular flexibility index (Phi) is 4.75.